The van der Waals surface area contributed by atoms with Crippen molar-refractivity contribution < 1.29 is 5.11 Å². The van der Waals surface area contributed by atoms with Crippen molar-refractivity contribution >= 4 is 10.8 Å². The topological polar surface area (TPSA) is 33.1 Å². The molecule has 110 valence electrons. The Morgan fingerprint density at radius 2 is 1.39 bits per heavy atom. The van der Waals surface area contributed by atoms with Crippen LogP contribution in [0.1, 0.15) is 0 Å². The summed E-state index contributed by atoms with van der Waals surface area (Å²) in [5, 5.41) is 12.7. The molecule has 2 heteroatoms. The van der Waals surface area contributed by atoms with Gasteiger partial charge < -0.3 is 5.11 Å². The van der Waals surface area contributed by atoms with Crippen LogP contribution in [0, 0.1) is 0 Å². The SMILES string of the molecule is Oc1c(-c2ccccc2)ccc2ccc(-c3ccncc3)cc12. The van der Waals surface area contributed by atoms with Gasteiger partial charge in [-0.15, -0.1) is 0 Å². The Morgan fingerprint density at radius 3 is 2.17 bits per heavy atom. The van der Waals surface area contributed by atoms with Crippen molar-refractivity contribution in [1.29, 1.82) is 0 Å². The van der Waals surface area contributed by atoms with Crippen molar-refractivity contribution in [2.24, 2.45) is 0 Å². The Balaban J connectivity index is 1.92. The summed E-state index contributed by atoms with van der Waals surface area (Å²) in [6.45, 7) is 0. The molecule has 4 aromatic rings. The molecule has 4 rings (SSSR count). The molecular weight excluding hydrogens is 282 g/mol. The fourth-order valence-corrected chi connectivity index (χ4v) is 2.88. The fourth-order valence-electron chi connectivity index (χ4n) is 2.88. The third-order valence-electron chi connectivity index (χ3n) is 4.09. The van der Waals surface area contributed by atoms with Crippen molar-refractivity contribution in [3.05, 3.63) is 85.2 Å². The van der Waals surface area contributed by atoms with Gasteiger partial charge in [-0.1, -0.05) is 54.6 Å². The number of fused-ring (bicyclic) bond motifs is 1. The lowest BCUT2D eigenvalue weighted by atomic mass is 9.97. The lowest BCUT2D eigenvalue weighted by molar-refractivity contribution is 0.483. The van der Waals surface area contributed by atoms with E-state index in [4.69, 9.17) is 0 Å². The van der Waals surface area contributed by atoms with Crippen LogP contribution in [0.25, 0.3) is 33.0 Å². The number of aromatic nitrogens is 1. The van der Waals surface area contributed by atoms with E-state index in [0.717, 1.165) is 33.0 Å². The molecule has 0 saturated carbocycles. The second-order valence-electron chi connectivity index (χ2n) is 5.50. The van der Waals surface area contributed by atoms with Crippen LogP contribution in [-0.4, -0.2) is 10.1 Å². The minimum Gasteiger partial charge on any atom is -0.507 e. The molecule has 0 aliphatic heterocycles. The molecule has 0 radical (unpaired) electrons. The molecule has 0 atom stereocenters. The number of pyridine rings is 1. The predicted octanol–water partition coefficient (Wildman–Crippen LogP) is 5.27. The van der Waals surface area contributed by atoms with Crippen molar-refractivity contribution in [2.75, 3.05) is 0 Å². The van der Waals surface area contributed by atoms with Crippen molar-refractivity contribution in [2.45, 2.75) is 0 Å². The highest BCUT2D eigenvalue weighted by Gasteiger charge is 2.09. The molecule has 0 bridgehead atoms. The first-order chi connectivity index (χ1) is 11.3. The first-order valence-electron chi connectivity index (χ1n) is 7.54. The molecule has 0 saturated heterocycles. The van der Waals surface area contributed by atoms with Gasteiger partial charge in [0.05, 0.1) is 0 Å². The minimum absolute atomic E-state index is 0.324. The molecule has 1 aromatic heterocycles. The maximum Gasteiger partial charge on any atom is 0.131 e. The summed E-state index contributed by atoms with van der Waals surface area (Å²) in [5.74, 6) is 0.324. The van der Waals surface area contributed by atoms with Gasteiger partial charge in [-0.2, -0.15) is 0 Å². The maximum atomic E-state index is 10.8. The first-order valence-corrected chi connectivity index (χ1v) is 7.54. The number of nitrogens with zero attached hydrogens (tertiary/aromatic N) is 1. The molecule has 0 aliphatic carbocycles. The van der Waals surface area contributed by atoms with Crippen LogP contribution < -0.4 is 0 Å². The zero-order valence-electron chi connectivity index (χ0n) is 12.5. The molecule has 0 spiro atoms. The lowest BCUT2D eigenvalue weighted by Gasteiger charge is -2.10. The third-order valence-corrected chi connectivity index (χ3v) is 4.09. The first kappa shape index (κ1) is 13.5. The molecule has 0 amide bonds. The van der Waals surface area contributed by atoms with Gasteiger partial charge >= 0.3 is 0 Å². The Kier molecular flexibility index (Phi) is 3.28. The van der Waals surface area contributed by atoms with Gasteiger partial charge in [-0.3, -0.25) is 4.98 Å². The van der Waals surface area contributed by atoms with E-state index in [0.29, 0.717) is 5.75 Å². The van der Waals surface area contributed by atoms with Crippen LogP contribution in [0.2, 0.25) is 0 Å². The number of hydrogen-bond acceptors (Lipinski definition) is 2. The summed E-state index contributed by atoms with van der Waals surface area (Å²) >= 11 is 0. The average Bonchev–Trinajstić information content (AvgIpc) is 2.63. The minimum atomic E-state index is 0.324. The summed E-state index contributed by atoms with van der Waals surface area (Å²) in [6.07, 6.45) is 3.56. The molecular formula is C21H15NO. The number of aromatic hydroxyl groups is 1. The smallest absolute Gasteiger partial charge is 0.131 e. The number of phenolic OH excluding ortho intramolecular Hbond substituents is 1. The second-order valence-corrected chi connectivity index (χ2v) is 5.50. The second kappa shape index (κ2) is 5.58. The normalized spacial score (nSPS) is 10.8. The van der Waals surface area contributed by atoms with Crippen LogP contribution in [-0.2, 0) is 0 Å². The zero-order chi connectivity index (χ0) is 15.6. The van der Waals surface area contributed by atoms with Gasteiger partial charge in [0.15, 0.2) is 0 Å². The monoisotopic (exact) mass is 297 g/mol. The Bertz CT molecular complexity index is 958. The molecule has 3 aromatic carbocycles. The van der Waals surface area contributed by atoms with Crippen molar-refractivity contribution in [3.8, 4) is 28.0 Å². The predicted molar refractivity (Wildman–Crippen MR) is 94.3 cm³/mol. The van der Waals surface area contributed by atoms with E-state index in [-0.39, 0.29) is 0 Å². The Morgan fingerprint density at radius 1 is 0.652 bits per heavy atom. The highest BCUT2D eigenvalue weighted by Crippen LogP contribution is 2.37. The van der Waals surface area contributed by atoms with Gasteiger partial charge in [-0.25, -0.2) is 0 Å². The standard InChI is InChI=1S/C21H15NO/c23-21-19(16-4-2-1-3-5-16)9-8-17-6-7-18(14-20(17)21)15-10-12-22-13-11-15/h1-14,23H. The molecule has 0 fully saturated rings. The van der Waals surface area contributed by atoms with E-state index in [2.05, 4.69) is 11.1 Å². The van der Waals surface area contributed by atoms with E-state index >= 15 is 0 Å². The summed E-state index contributed by atoms with van der Waals surface area (Å²) < 4.78 is 0. The number of benzene rings is 3. The average molecular weight is 297 g/mol. The van der Waals surface area contributed by atoms with Crippen molar-refractivity contribution in [3.63, 3.8) is 0 Å². The third kappa shape index (κ3) is 2.44. The quantitative estimate of drug-likeness (QED) is 0.546. The van der Waals surface area contributed by atoms with E-state index in [1.807, 2.05) is 66.7 Å². The van der Waals surface area contributed by atoms with Gasteiger partial charge in [0.1, 0.15) is 5.75 Å². The van der Waals surface area contributed by atoms with E-state index < -0.39 is 0 Å². The van der Waals surface area contributed by atoms with E-state index in [1.165, 1.54) is 0 Å². The largest absolute Gasteiger partial charge is 0.507 e. The Labute approximate surface area is 134 Å². The fraction of sp³-hybridized carbons (Fsp3) is 0. The number of phenols is 1. The summed E-state index contributed by atoms with van der Waals surface area (Å²) in [4.78, 5) is 4.06. The zero-order valence-corrected chi connectivity index (χ0v) is 12.5. The van der Waals surface area contributed by atoms with E-state index in [9.17, 15) is 5.11 Å². The lowest BCUT2D eigenvalue weighted by Crippen LogP contribution is -1.84. The molecule has 1 heterocycles. The molecule has 1 N–H and O–H groups in total. The van der Waals surface area contributed by atoms with Crippen molar-refractivity contribution in [1.82, 2.24) is 4.98 Å². The maximum absolute atomic E-state index is 10.8. The number of hydrogen-bond donors (Lipinski definition) is 1. The summed E-state index contributed by atoms with van der Waals surface area (Å²) in [5.41, 5.74) is 4.03. The highest BCUT2D eigenvalue weighted by atomic mass is 16.3. The van der Waals surface area contributed by atoms with E-state index in [1.54, 1.807) is 12.4 Å². The van der Waals surface area contributed by atoms with Gasteiger partial charge in [0.2, 0.25) is 0 Å². The van der Waals surface area contributed by atoms with Gasteiger partial charge in [0.25, 0.3) is 0 Å². The van der Waals surface area contributed by atoms with Gasteiger partial charge in [-0.05, 0) is 40.3 Å². The Hall–Kier alpha value is -3.13. The van der Waals surface area contributed by atoms with Gasteiger partial charge in [0, 0.05) is 23.3 Å². The summed E-state index contributed by atoms with van der Waals surface area (Å²) in [6, 6.07) is 24.1. The van der Waals surface area contributed by atoms with Crippen LogP contribution in [0.4, 0.5) is 0 Å². The van der Waals surface area contributed by atoms with Crippen LogP contribution >= 0.6 is 0 Å². The highest BCUT2D eigenvalue weighted by molar-refractivity contribution is 5.97. The molecule has 23 heavy (non-hydrogen) atoms. The van der Waals surface area contributed by atoms with Crippen LogP contribution in [0.5, 0.6) is 5.75 Å². The molecule has 2 nitrogen and oxygen atoms in total. The number of rotatable bonds is 2. The van der Waals surface area contributed by atoms with Crippen LogP contribution in [0.3, 0.4) is 0 Å². The van der Waals surface area contributed by atoms with Crippen LogP contribution in [0.15, 0.2) is 85.2 Å². The molecule has 0 unspecified atom stereocenters. The molecule has 0 aliphatic rings. The summed E-state index contributed by atoms with van der Waals surface area (Å²) in [7, 11) is 0.